The monoisotopic (exact) mass is 300 g/mol. The lowest BCUT2D eigenvalue weighted by atomic mass is 9.81. The van der Waals surface area contributed by atoms with Crippen LogP contribution < -0.4 is 4.74 Å². The van der Waals surface area contributed by atoms with Crippen molar-refractivity contribution in [1.82, 2.24) is 0 Å². The van der Waals surface area contributed by atoms with Gasteiger partial charge in [-0.05, 0) is 17.7 Å². The maximum absolute atomic E-state index is 10.9. The van der Waals surface area contributed by atoms with Crippen molar-refractivity contribution in [1.29, 1.82) is 0 Å². The summed E-state index contributed by atoms with van der Waals surface area (Å²) in [6.07, 6.45) is 0.323. The van der Waals surface area contributed by atoms with Crippen LogP contribution in [-0.2, 0) is 10.2 Å². The fraction of sp³-hybridized carbons (Fsp3) is 0.500. The summed E-state index contributed by atoms with van der Waals surface area (Å²) in [5.41, 5.74) is 0.468. The molecule has 104 valence electrons. The summed E-state index contributed by atoms with van der Waals surface area (Å²) in [6.45, 7) is 3.80. The number of carboxylic acid groups (broad SMARTS) is 1. The maximum atomic E-state index is 10.9. The molecule has 1 aliphatic heterocycles. The second kappa shape index (κ2) is 5.63. The van der Waals surface area contributed by atoms with Gasteiger partial charge in [-0.3, -0.25) is 4.79 Å². The van der Waals surface area contributed by atoms with Crippen LogP contribution in [0.1, 0.15) is 25.8 Å². The van der Waals surface area contributed by atoms with Crippen molar-refractivity contribution in [2.24, 2.45) is 0 Å². The molecule has 0 unspecified atom stereocenters. The highest BCUT2D eigenvalue weighted by molar-refractivity contribution is 8.00. The number of benzene rings is 1. The maximum Gasteiger partial charge on any atom is 0.304 e. The third-order valence-corrected chi connectivity index (χ3v) is 4.72. The Morgan fingerprint density at radius 3 is 2.68 bits per heavy atom. The zero-order chi connectivity index (χ0) is 14.0. The van der Waals surface area contributed by atoms with E-state index in [-0.39, 0.29) is 12.5 Å². The van der Waals surface area contributed by atoms with Crippen LogP contribution in [0.4, 0.5) is 0 Å². The summed E-state index contributed by atoms with van der Waals surface area (Å²) >= 11 is 8.07. The molecule has 0 radical (unpaired) electrons. The van der Waals surface area contributed by atoms with Gasteiger partial charge >= 0.3 is 5.97 Å². The highest BCUT2D eigenvalue weighted by Crippen LogP contribution is 2.35. The summed E-state index contributed by atoms with van der Waals surface area (Å²) < 4.78 is 5.76. The van der Waals surface area contributed by atoms with Gasteiger partial charge in [0.15, 0.2) is 0 Å². The van der Waals surface area contributed by atoms with Crippen molar-refractivity contribution in [3.8, 4) is 5.75 Å². The molecule has 1 heterocycles. The second-order valence-electron chi connectivity index (χ2n) is 5.38. The number of carboxylic acids is 1. The Balaban J connectivity index is 2.15. The third-order valence-electron chi connectivity index (χ3n) is 3.21. The highest BCUT2D eigenvalue weighted by atomic mass is 35.5. The number of carbonyl (C=O) groups is 1. The lowest BCUT2D eigenvalue weighted by Gasteiger charge is -2.27. The molecule has 1 saturated heterocycles. The van der Waals surface area contributed by atoms with Crippen LogP contribution in [0.2, 0.25) is 5.02 Å². The molecule has 0 aliphatic carbocycles. The average molecular weight is 301 g/mol. The van der Waals surface area contributed by atoms with Gasteiger partial charge < -0.3 is 9.84 Å². The van der Waals surface area contributed by atoms with E-state index in [0.717, 1.165) is 17.1 Å². The van der Waals surface area contributed by atoms with Gasteiger partial charge in [-0.25, -0.2) is 0 Å². The van der Waals surface area contributed by atoms with Crippen LogP contribution in [0.5, 0.6) is 5.75 Å². The number of hydrogen-bond acceptors (Lipinski definition) is 3. The highest BCUT2D eigenvalue weighted by Gasteiger charge is 2.26. The van der Waals surface area contributed by atoms with Gasteiger partial charge in [0.1, 0.15) is 11.9 Å². The largest absolute Gasteiger partial charge is 0.487 e. The second-order valence-corrected chi connectivity index (χ2v) is 6.86. The Bertz CT molecular complexity index is 484. The molecule has 1 aromatic carbocycles. The lowest BCUT2D eigenvalue weighted by Crippen LogP contribution is -2.31. The van der Waals surface area contributed by atoms with Crippen LogP contribution in [0.25, 0.3) is 0 Å². The van der Waals surface area contributed by atoms with Gasteiger partial charge in [0.2, 0.25) is 0 Å². The predicted molar refractivity (Wildman–Crippen MR) is 78.5 cm³/mol. The number of hydrogen-bond donors (Lipinski definition) is 1. The Morgan fingerprint density at radius 2 is 2.21 bits per heavy atom. The Hall–Kier alpha value is -0.870. The van der Waals surface area contributed by atoms with E-state index in [1.54, 1.807) is 0 Å². The molecule has 0 spiro atoms. The topological polar surface area (TPSA) is 46.5 Å². The molecule has 0 saturated carbocycles. The van der Waals surface area contributed by atoms with Gasteiger partial charge in [0.25, 0.3) is 0 Å². The van der Waals surface area contributed by atoms with Crippen LogP contribution >= 0.6 is 23.4 Å². The van der Waals surface area contributed by atoms with Crippen molar-refractivity contribution < 1.29 is 14.6 Å². The molecule has 0 amide bonds. The van der Waals surface area contributed by atoms with Crippen LogP contribution in [0, 0.1) is 0 Å². The van der Waals surface area contributed by atoms with Crippen LogP contribution in [0.15, 0.2) is 18.2 Å². The fourth-order valence-electron chi connectivity index (χ4n) is 1.96. The standard InChI is InChI=1S/C14H17ClO3S/c1-14(2,6-13(16)17)9-3-4-12(11(15)5-9)18-10-7-19-8-10/h3-5,10H,6-8H2,1-2H3,(H,16,17). The van der Waals surface area contributed by atoms with E-state index in [0.29, 0.717) is 10.8 Å². The molecule has 0 bridgehead atoms. The van der Waals surface area contributed by atoms with E-state index in [2.05, 4.69) is 0 Å². The van der Waals surface area contributed by atoms with Gasteiger partial charge in [0, 0.05) is 16.9 Å². The van der Waals surface area contributed by atoms with Crippen molar-refractivity contribution in [3.05, 3.63) is 28.8 Å². The SMILES string of the molecule is CC(C)(CC(=O)O)c1ccc(OC2CSC2)c(Cl)c1. The van der Waals surface area contributed by atoms with Gasteiger partial charge in [-0.1, -0.05) is 31.5 Å². The van der Waals surface area contributed by atoms with Crippen molar-refractivity contribution in [2.45, 2.75) is 31.8 Å². The Morgan fingerprint density at radius 1 is 1.53 bits per heavy atom. The number of rotatable bonds is 5. The normalized spacial score (nSPS) is 15.9. The zero-order valence-corrected chi connectivity index (χ0v) is 12.6. The quantitative estimate of drug-likeness (QED) is 0.903. The summed E-state index contributed by atoms with van der Waals surface area (Å²) in [7, 11) is 0. The summed E-state index contributed by atoms with van der Waals surface area (Å²) in [5.74, 6) is 1.88. The zero-order valence-electron chi connectivity index (χ0n) is 11.0. The minimum absolute atomic E-state index is 0.0722. The summed E-state index contributed by atoms with van der Waals surface area (Å²) in [5, 5.41) is 9.48. The minimum Gasteiger partial charge on any atom is -0.487 e. The van der Waals surface area contributed by atoms with Crippen molar-refractivity contribution in [2.75, 3.05) is 11.5 Å². The predicted octanol–water partition coefficient (Wildman–Crippen LogP) is 3.59. The van der Waals surface area contributed by atoms with Crippen LogP contribution in [0.3, 0.4) is 0 Å². The van der Waals surface area contributed by atoms with E-state index in [1.807, 2.05) is 43.8 Å². The van der Waals surface area contributed by atoms with Crippen LogP contribution in [-0.4, -0.2) is 28.7 Å². The number of ether oxygens (including phenoxy) is 1. The lowest BCUT2D eigenvalue weighted by molar-refractivity contribution is -0.138. The molecule has 19 heavy (non-hydrogen) atoms. The fourth-order valence-corrected chi connectivity index (χ4v) is 2.75. The summed E-state index contributed by atoms with van der Waals surface area (Å²) in [4.78, 5) is 10.9. The smallest absolute Gasteiger partial charge is 0.304 e. The first-order chi connectivity index (χ1) is 8.88. The summed E-state index contributed by atoms with van der Waals surface area (Å²) in [6, 6.07) is 5.55. The van der Waals surface area contributed by atoms with E-state index in [9.17, 15) is 4.79 Å². The Labute approximate surface area is 122 Å². The van der Waals surface area contributed by atoms with Crippen molar-refractivity contribution in [3.63, 3.8) is 0 Å². The molecule has 1 aliphatic rings. The van der Waals surface area contributed by atoms with E-state index < -0.39 is 11.4 Å². The molecule has 1 aromatic rings. The molecule has 1 fully saturated rings. The molecule has 5 heteroatoms. The van der Waals surface area contributed by atoms with Gasteiger partial charge in [-0.15, -0.1) is 0 Å². The Kier molecular flexibility index (Phi) is 4.31. The minimum atomic E-state index is -0.812. The molecule has 1 N–H and O–H groups in total. The van der Waals surface area contributed by atoms with E-state index in [1.165, 1.54) is 0 Å². The number of halogens is 1. The molecular weight excluding hydrogens is 284 g/mol. The van der Waals surface area contributed by atoms with E-state index >= 15 is 0 Å². The molecule has 3 nitrogen and oxygen atoms in total. The molecular formula is C14H17ClO3S. The van der Waals surface area contributed by atoms with Crippen molar-refractivity contribution >= 4 is 29.3 Å². The molecule has 0 aromatic heterocycles. The average Bonchev–Trinajstić information content (AvgIpc) is 2.23. The first kappa shape index (κ1) is 14.5. The van der Waals surface area contributed by atoms with E-state index in [4.69, 9.17) is 21.4 Å². The first-order valence-electron chi connectivity index (χ1n) is 6.15. The molecule has 2 rings (SSSR count). The first-order valence-corrected chi connectivity index (χ1v) is 7.68. The molecule has 0 atom stereocenters. The third kappa shape index (κ3) is 3.57. The number of aliphatic carboxylic acids is 1. The number of thioether (sulfide) groups is 1. The van der Waals surface area contributed by atoms with Gasteiger partial charge in [-0.2, -0.15) is 11.8 Å². The van der Waals surface area contributed by atoms with Gasteiger partial charge in [0.05, 0.1) is 11.4 Å².